The summed E-state index contributed by atoms with van der Waals surface area (Å²) in [7, 11) is 0. The van der Waals surface area contributed by atoms with Crippen molar-refractivity contribution >= 4 is 18.2 Å². The maximum absolute atomic E-state index is 8.94. The fraction of sp³-hybridized carbons (Fsp3) is 0.188. The molecule has 110 valence electrons. The molecule has 0 saturated carbocycles. The van der Waals surface area contributed by atoms with Gasteiger partial charge in [-0.05, 0) is 19.1 Å². The number of nitrogens with one attached hydrogen (secondary N) is 1. The zero-order valence-corrected chi connectivity index (χ0v) is 12.2. The minimum absolute atomic E-state index is 0.104. The standard InChI is InChI=1S/C16H14N4O2/c1-10-13(7-12-5-3-4-6-15(12)21-10)9-18-20-16-14(8-17)19-11(2)22-16/h3-7,9-10,20H,1-2H3/b18-9-. The highest BCUT2D eigenvalue weighted by Gasteiger charge is 2.17. The second kappa shape index (κ2) is 5.74. The first-order valence-electron chi connectivity index (χ1n) is 6.81. The third-order valence-electron chi connectivity index (χ3n) is 3.23. The quantitative estimate of drug-likeness (QED) is 0.694. The average Bonchev–Trinajstić information content (AvgIpc) is 2.88. The molecule has 1 aromatic carbocycles. The summed E-state index contributed by atoms with van der Waals surface area (Å²) in [5.74, 6) is 1.51. The van der Waals surface area contributed by atoms with Gasteiger partial charge in [-0.15, -0.1) is 0 Å². The van der Waals surface area contributed by atoms with Crippen LogP contribution in [-0.4, -0.2) is 17.3 Å². The van der Waals surface area contributed by atoms with Gasteiger partial charge < -0.3 is 9.15 Å². The van der Waals surface area contributed by atoms with Gasteiger partial charge in [-0.1, -0.05) is 18.2 Å². The highest BCUT2D eigenvalue weighted by Crippen LogP contribution is 2.28. The number of ether oxygens (including phenoxy) is 1. The van der Waals surface area contributed by atoms with E-state index in [1.54, 1.807) is 13.1 Å². The Morgan fingerprint density at radius 3 is 3.05 bits per heavy atom. The Bertz CT molecular complexity index is 799. The number of hydrogen-bond acceptors (Lipinski definition) is 6. The number of anilines is 1. The van der Waals surface area contributed by atoms with Crippen molar-refractivity contribution in [2.24, 2.45) is 5.10 Å². The SMILES string of the molecule is Cc1nc(C#N)c(N/N=C\C2=Cc3ccccc3OC2C)o1. The molecule has 1 unspecified atom stereocenters. The minimum Gasteiger partial charge on any atom is -0.485 e. The van der Waals surface area contributed by atoms with E-state index >= 15 is 0 Å². The molecule has 0 bridgehead atoms. The van der Waals surface area contributed by atoms with E-state index in [-0.39, 0.29) is 17.7 Å². The van der Waals surface area contributed by atoms with E-state index in [0.29, 0.717) is 5.89 Å². The van der Waals surface area contributed by atoms with E-state index in [1.807, 2.05) is 43.3 Å². The van der Waals surface area contributed by atoms with Gasteiger partial charge in [-0.25, -0.2) is 10.4 Å². The molecule has 1 aromatic heterocycles. The molecule has 0 aliphatic carbocycles. The molecule has 22 heavy (non-hydrogen) atoms. The van der Waals surface area contributed by atoms with Gasteiger partial charge in [0.25, 0.3) is 5.88 Å². The largest absolute Gasteiger partial charge is 0.485 e. The zero-order valence-electron chi connectivity index (χ0n) is 12.2. The molecule has 6 nitrogen and oxygen atoms in total. The predicted octanol–water partition coefficient (Wildman–Crippen LogP) is 3.12. The Labute approximate surface area is 127 Å². The highest BCUT2D eigenvalue weighted by molar-refractivity contribution is 5.89. The first-order valence-corrected chi connectivity index (χ1v) is 6.81. The van der Waals surface area contributed by atoms with Crippen LogP contribution in [0.4, 0.5) is 5.88 Å². The Kier molecular flexibility index (Phi) is 3.62. The third kappa shape index (κ3) is 2.69. The second-order valence-corrected chi connectivity index (χ2v) is 4.83. The van der Waals surface area contributed by atoms with Crippen LogP contribution in [0.15, 0.2) is 39.4 Å². The van der Waals surface area contributed by atoms with Crippen LogP contribution in [0.3, 0.4) is 0 Å². The number of nitriles is 1. The van der Waals surface area contributed by atoms with Gasteiger partial charge in [0.05, 0.1) is 6.21 Å². The summed E-state index contributed by atoms with van der Waals surface area (Å²) in [6, 6.07) is 9.76. The summed E-state index contributed by atoms with van der Waals surface area (Å²) < 4.78 is 11.1. The number of benzene rings is 1. The number of rotatable bonds is 3. The van der Waals surface area contributed by atoms with Gasteiger partial charge >= 0.3 is 0 Å². The smallest absolute Gasteiger partial charge is 0.252 e. The van der Waals surface area contributed by atoms with E-state index in [4.69, 9.17) is 14.4 Å². The van der Waals surface area contributed by atoms with Crippen LogP contribution in [0.5, 0.6) is 5.75 Å². The molecule has 0 spiro atoms. The monoisotopic (exact) mass is 294 g/mol. The maximum atomic E-state index is 8.94. The lowest BCUT2D eigenvalue weighted by Crippen LogP contribution is -2.19. The van der Waals surface area contributed by atoms with Gasteiger partial charge in [-0.3, -0.25) is 0 Å². The van der Waals surface area contributed by atoms with Gasteiger partial charge in [0, 0.05) is 18.1 Å². The predicted molar refractivity (Wildman–Crippen MR) is 82.6 cm³/mol. The Morgan fingerprint density at radius 2 is 2.23 bits per heavy atom. The number of hydrazone groups is 1. The summed E-state index contributed by atoms with van der Waals surface area (Å²) in [5.41, 5.74) is 4.81. The van der Waals surface area contributed by atoms with E-state index in [2.05, 4.69) is 15.5 Å². The number of oxazole rings is 1. The number of fused-ring (bicyclic) bond motifs is 1. The second-order valence-electron chi connectivity index (χ2n) is 4.83. The van der Waals surface area contributed by atoms with Crippen molar-refractivity contribution in [3.63, 3.8) is 0 Å². The van der Waals surface area contributed by atoms with Crippen molar-refractivity contribution in [1.82, 2.24) is 4.98 Å². The minimum atomic E-state index is -0.104. The molecule has 1 aliphatic heterocycles. The maximum Gasteiger partial charge on any atom is 0.252 e. The Morgan fingerprint density at radius 1 is 1.41 bits per heavy atom. The zero-order chi connectivity index (χ0) is 15.5. The van der Waals surface area contributed by atoms with E-state index in [9.17, 15) is 0 Å². The molecule has 1 aliphatic rings. The molecule has 2 heterocycles. The summed E-state index contributed by atoms with van der Waals surface area (Å²) in [5, 5.41) is 13.0. The van der Waals surface area contributed by atoms with Crippen molar-refractivity contribution in [3.05, 3.63) is 47.0 Å². The van der Waals surface area contributed by atoms with Crippen molar-refractivity contribution in [2.45, 2.75) is 20.0 Å². The number of para-hydroxylation sites is 1. The van der Waals surface area contributed by atoms with Crippen LogP contribution in [0.1, 0.15) is 24.1 Å². The molecule has 0 saturated heterocycles. The molecular formula is C16H14N4O2. The number of aromatic nitrogens is 1. The van der Waals surface area contributed by atoms with Crippen LogP contribution < -0.4 is 10.2 Å². The molecular weight excluding hydrogens is 280 g/mol. The summed E-state index contributed by atoms with van der Waals surface area (Å²) in [4.78, 5) is 3.94. The molecule has 0 radical (unpaired) electrons. The molecule has 0 amide bonds. The van der Waals surface area contributed by atoms with Gasteiger partial charge in [-0.2, -0.15) is 10.4 Å². The number of aryl methyl sites for hydroxylation is 1. The normalized spacial score (nSPS) is 16.6. The lowest BCUT2D eigenvalue weighted by atomic mass is 10.0. The number of hydrogen-bond donors (Lipinski definition) is 1. The van der Waals surface area contributed by atoms with Gasteiger partial charge in [0.1, 0.15) is 17.9 Å². The first-order chi connectivity index (χ1) is 10.7. The molecule has 0 fully saturated rings. The lowest BCUT2D eigenvalue weighted by Gasteiger charge is -2.22. The number of nitrogens with zero attached hydrogens (tertiary/aromatic N) is 3. The highest BCUT2D eigenvalue weighted by atomic mass is 16.5. The molecule has 1 N–H and O–H groups in total. The van der Waals surface area contributed by atoms with E-state index in [1.165, 1.54) is 0 Å². The van der Waals surface area contributed by atoms with E-state index in [0.717, 1.165) is 16.9 Å². The van der Waals surface area contributed by atoms with Gasteiger partial charge in [0.2, 0.25) is 5.69 Å². The summed E-state index contributed by atoms with van der Waals surface area (Å²) in [6.45, 7) is 3.62. The molecule has 2 aromatic rings. The average molecular weight is 294 g/mol. The van der Waals surface area contributed by atoms with Crippen molar-refractivity contribution in [3.8, 4) is 11.8 Å². The van der Waals surface area contributed by atoms with Gasteiger partial charge in [0.15, 0.2) is 5.89 Å². The molecule has 3 rings (SSSR count). The molecule has 6 heteroatoms. The van der Waals surface area contributed by atoms with Crippen LogP contribution in [0, 0.1) is 18.3 Å². The fourth-order valence-electron chi connectivity index (χ4n) is 2.15. The Hall–Kier alpha value is -3.07. The topological polar surface area (TPSA) is 83.4 Å². The fourth-order valence-corrected chi connectivity index (χ4v) is 2.15. The van der Waals surface area contributed by atoms with Crippen molar-refractivity contribution < 1.29 is 9.15 Å². The van der Waals surface area contributed by atoms with Crippen LogP contribution in [0.2, 0.25) is 0 Å². The van der Waals surface area contributed by atoms with Crippen LogP contribution >= 0.6 is 0 Å². The van der Waals surface area contributed by atoms with Crippen LogP contribution in [-0.2, 0) is 0 Å². The summed E-state index contributed by atoms with van der Waals surface area (Å²) >= 11 is 0. The summed E-state index contributed by atoms with van der Waals surface area (Å²) in [6.07, 6.45) is 3.57. The lowest BCUT2D eigenvalue weighted by molar-refractivity contribution is 0.260. The van der Waals surface area contributed by atoms with Crippen molar-refractivity contribution in [1.29, 1.82) is 5.26 Å². The third-order valence-corrected chi connectivity index (χ3v) is 3.23. The van der Waals surface area contributed by atoms with Crippen LogP contribution in [0.25, 0.3) is 6.08 Å². The molecule has 1 atom stereocenters. The van der Waals surface area contributed by atoms with Crippen molar-refractivity contribution in [2.75, 3.05) is 5.43 Å². The first kappa shape index (κ1) is 13.9. The Balaban J connectivity index is 1.78. The van der Waals surface area contributed by atoms with E-state index < -0.39 is 0 Å².